The summed E-state index contributed by atoms with van der Waals surface area (Å²) in [6.07, 6.45) is 1.62. The Balaban J connectivity index is 2.93. The fraction of sp³-hybridized carbons (Fsp3) is 0.625. The van der Waals surface area contributed by atoms with Crippen LogP contribution in [-0.4, -0.2) is 25.8 Å². The number of hydrogen-bond acceptors (Lipinski definition) is 3. The number of hydrogen-bond donors (Lipinski definition) is 1. The summed E-state index contributed by atoms with van der Waals surface area (Å²) in [5.41, 5.74) is -0.475. The lowest BCUT2D eigenvalue weighted by Gasteiger charge is -2.20. The maximum Gasteiger partial charge on any atom is 0.304 e. The molecule has 0 atom stereocenters. The van der Waals surface area contributed by atoms with Crippen LogP contribution in [0.1, 0.15) is 26.1 Å². The molecule has 0 fully saturated rings. The Morgan fingerprint density at radius 1 is 1.69 bits per heavy atom. The summed E-state index contributed by atoms with van der Waals surface area (Å²) in [5.74, 6) is -0.136. The molecule has 1 aromatic heterocycles. The number of aromatic nitrogens is 3. The van der Waals surface area contributed by atoms with Gasteiger partial charge >= 0.3 is 5.97 Å². The number of aliphatic carboxylic acids is 1. The summed E-state index contributed by atoms with van der Waals surface area (Å²) < 4.78 is 1.74. The van der Waals surface area contributed by atoms with Crippen LogP contribution in [0, 0.1) is 0 Å². The van der Waals surface area contributed by atoms with Gasteiger partial charge < -0.3 is 9.67 Å². The van der Waals surface area contributed by atoms with Gasteiger partial charge in [0.05, 0.1) is 6.42 Å². The Morgan fingerprint density at radius 2 is 2.31 bits per heavy atom. The monoisotopic (exact) mass is 183 g/mol. The highest BCUT2D eigenvalue weighted by molar-refractivity contribution is 5.68. The van der Waals surface area contributed by atoms with Crippen molar-refractivity contribution in [3.8, 4) is 0 Å². The minimum absolute atomic E-state index is 0.0551. The zero-order valence-corrected chi connectivity index (χ0v) is 7.98. The molecule has 0 radical (unpaired) electrons. The molecule has 0 amide bonds. The van der Waals surface area contributed by atoms with Gasteiger partial charge in [0.2, 0.25) is 0 Å². The van der Waals surface area contributed by atoms with E-state index in [1.807, 2.05) is 13.8 Å². The van der Waals surface area contributed by atoms with Gasteiger partial charge in [-0.3, -0.25) is 4.79 Å². The lowest BCUT2D eigenvalue weighted by atomic mass is 9.88. The Morgan fingerprint density at radius 3 is 2.69 bits per heavy atom. The van der Waals surface area contributed by atoms with Gasteiger partial charge in [-0.1, -0.05) is 13.8 Å². The number of carbonyl (C=O) groups is 1. The lowest BCUT2D eigenvalue weighted by Crippen LogP contribution is -2.25. The zero-order valence-electron chi connectivity index (χ0n) is 7.98. The summed E-state index contributed by atoms with van der Waals surface area (Å²) in [6, 6.07) is 0. The van der Waals surface area contributed by atoms with Crippen LogP contribution in [0.25, 0.3) is 0 Å². The Labute approximate surface area is 76.4 Å². The average Bonchev–Trinajstić information content (AvgIpc) is 2.32. The van der Waals surface area contributed by atoms with Crippen LogP contribution in [-0.2, 0) is 17.3 Å². The molecule has 0 spiro atoms. The fourth-order valence-corrected chi connectivity index (χ4v) is 1.35. The number of carboxylic acids is 1. The van der Waals surface area contributed by atoms with Gasteiger partial charge in [-0.25, -0.2) is 0 Å². The number of carboxylic acid groups (broad SMARTS) is 1. The standard InChI is InChI=1S/C8H13N3O2/c1-8(2,4-6(12)13)7-10-9-5-11(7)3/h5H,4H2,1-3H3,(H,12,13). The SMILES string of the molecule is Cn1cnnc1C(C)(C)CC(=O)O. The number of nitrogens with zero attached hydrogens (tertiary/aromatic N) is 3. The van der Waals surface area contributed by atoms with Gasteiger partial charge in [-0.05, 0) is 0 Å². The third-order valence-corrected chi connectivity index (χ3v) is 1.91. The molecule has 0 aromatic carbocycles. The average molecular weight is 183 g/mol. The molecular formula is C8H13N3O2. The van der Waals surface area contributed by atoms with Crippen LogP contribution in [0.2, 0.25) is 0 Å². The summed E-state index contributed by atoms with van der Waals surface area (Å²) in [5, 5.41) is 16.3. The van der Waals surface area contributed by atoms with Crippen LogP contribution >= 0.6 is 0 Å². The summed E-state index contributed by atoms with van der Waals surface area (Å²) in [7, 11) is 1.80. The molecule has 5 heteroatoms. The lowest BCUT2D eigenvalue weighted by molar-refractivity contribution is -0.138. The Hall–Kier alpha value is -1.39. The number of rotatable bonds is 3. The first kappa shape index (κ1) is 9.70. The van der Waals surface area contributed by atoms with Crippen LogP contribution in [0.15, 0.2) is 6.33 Å². The third kappa shape index (κ3) is 2.05. The maximum atomic E-state index is 10.6. The second-order valence-electron chi connectivity index (χ2n) is 3.72. The van der Waals surface area contributed by atoms with Gasteiger partial charge in [-0.2, -0.15) is 0 Å². The highest BCUT2D eigenvalue weighted by atomic mass is 16.4. The first-order valence-electron chi connectivity index (χ1n) is 4.00. The van der Waals surface area contributed by atoms with Gasteiger partial charge in [0.1, 0.15) is 12.2 Å². The van der Waals surface area contributed by atoms with E-state index in [4.69, 9.17) is 5.11 Å². The van der Waals surface area contributed by atoms with Crippen molar-refractivity contribution < 1.29 is 9.90 Å². The van der Waals surface area contributed by atoms with E-state index in [2.05, 4.69) is 10.2 Å². The molecular weight excluding hydrogens is 170 g/mol. The molecule has 0 aliphatic rings. The molecule has 0 unspecified atom stereocenters. The summed E-state index contributed by atoms with van der Waals surface area (Å²) in [4.78, 5) is 10.6. The minimum atomic E-state index is -0.826. The molecule has 0 saturated heterocycles. The minimum Gasteiger partial charge on any atom is -0.481 e. The van der Waals surface area contributed by atoms with E-state index in [9.17, 15) is 4.79 Å². The van der Waals surface area contributed by atoms with Gasteiger partial charge in [0.15, 0.2) is 0 Å². The molecule has 0 aliphatic carbocycles. The zero-order chi connectivity index (χ0) is 10.1. The maximum absolute atomic E-state index is 10.6. The highest BCUT2D eigenvalue weighted by Crippen LogP contribution is 2.24. The third-order valence-electron chi connectivity index (χ3n) is 1.91. The number of aryl methyl sites for hydroxylation is 1. The topological polar surface area (TPSA) is 68.0 Å². The van der Waals surface area contributed by atoms with E-state index >= 15 is 0 Å². The van der Waals surface area contributed by atoms with E-state index in [0.717, 1.165) is 0 Å². The molecule has 1 rings (SSSR count). The van der Waals surface area contributed by atoms with Crippen LogP contribution in [0.4, 0.5) is 0 Å². The normalized spacial score (nSPS) is 11.6. The van der Waals surface area contributed by atoms with Crippen molar-refractivity contribution in [2.45, 2.75) is 25.7 Å². The molecule has 72 valence electrons. The molecule has 0 saturated carbocycles. The first-order chi connectivity index (χ1) is 5.93. The largest absolute Gasteiger partial charge is 0.481 e. The van der Waals surface area contributed by atoms with Crippen molar-refractivity contribution in [3.05, 3.63) is 12.2 Å². The van der Waals surface area contributed by atoms with E-state index in [0.29, 0.717) is 5.82 Å². The smallest absolute Gasteiger partial charge is 0.304 e. The summed E-state index contributed by atoms with van der Waals surface area (Å²) in [6.45, 7) is 3.68. The Kier molecular flexibility index (Phi) is 2.36. The molecule has 0 aliphatic heterocycles. The molecule has 13 heavy (non-hydrogen) atoms. The van der Waals surface area contributed by atoms with E-state index in [1.54, 1.807) is 17.9 Å². The van der Waals surface area contributed by atoms with Crippen molar-refractivity contribution in [1.29, 1.82) is 0 Å². The van der Waals surface area contributed by atoms with Gasteiger partial charge in [0.25, 0.3) is 0 Å². The van der Waals surface area contributed by atoms with Crippen LogP contribution in [0.3, 0.4) is 0 Å². The van der Waals surface area contributed by atoms with Crippen molar-refractivity contribution in [2.75, 3.05) is 0 Å². The molecule has 1 aromatic rings. The van der Waals surface area contributed by atoms with E-state index < -0.39 is 11.4 Å². The second-order valence-corrected chi connectivity index (χ2v) is 3.72. The molecule has 0 bridgehead atoms. The predicted octanol–water partition coefficient (Wildman–Crippen LogP) is 0.567. The highest BCUT2D eigenvalue weighted by Gasteiger charge is 2.28. The van der Waals surface area contributed by atoms with Crippen molar-refractivity contribution in [2.24, 2.45) is 7.05 Å². The van der Waals surface area contributed by atoms with Crippen LogP contribution < -0.4 is 0 Å². The second kappa shape index (κ2) is 3.16. The molecule has 5 nitrogen and oxygen atoms in total. The van der Waals surface area contributed by atoms with Crippen molar-refractivity contribution >= 4 is 5.97 Å². The molecule has 1 N–H and O–H groups in total. The van der Waals surface area contributed by atoms with Crippen molar-refractivity contribution in [3.63, 3.8) is 0 Å². The van der Waals surface area contributed by atoms with E-state index in [1.165, 1.54) is 0 Å². The van der Waals surface area contributed by atoms with Crippen molar-refractivity contribution in [1.82, 2.24) is 14.8 Å². The Bertz CT molecular complexity index is 317. The van der Waals surface area contributed by atoms with E-state index in [-0.39, 0.29) is 6.42 Å². The van der Waals surface area contributed by atoms with Crippen LogP contribution in [0.5, 0.6) is 0 Å². The van der Waals surface area contributed by atoms with Gasteiger partial charge in [0, 0.05) is 12.5 Å². The predicted molar refractivity (Wildman–Crippen MR) is 46.3 cm³/mol. The molecule has 1 heterocycles. The fourth-order valence-electron chi connectivity index (χ4n) is 1.35. The summed E-state index contributed by atoms with van der Waals surface area (Å²) >= 11 is 0. The quantitative estimate of drug-likeness (QED) is 0.743. The van der Waals surface area contributed by atoms with Gasteiger partial charge in [-0.15, -0.1) is 10.2 Å². The first-order valence-corrected chi connectivity index (χ1v) is 4.00.